The zero-order chi connectivity index (χ0) is 10.8. The largest absolute Gasteiger partial charge is 0.303 e. The molecule has 82 valence electrons. The molecule has 2 heterocycles. The molecule has 0 aliphatic carbocycles. The first-order valence-electron chi connectivity index (χ1n) is 5.81. The molecule has 2 heteroatoms. The van der Waals surface area contributed by atoms with Crippen molar-refractivity contribution in [3.05, 3.63) is 29.6 Å². The molecular formula is C13H20N2. The van der Waals surface area contributed by atoms with Gasteiger partial charge in [-0.05, 0) is 45.0 Å². The zero-order valence-electron chi connectivity index (χ0n) is 9.90. The number of likely N-dealkylation sites (N-methyl/N-ethyl adjacent to an activating group) is 1. The van der Waals surface area contributed by atoms with Crippen LogP contribution in [0.5, 0.6) is 0 Å². The Kier molecular flexibility index (Phi) is 3.06. The van der Waals surface area contributed by atoms with Gasteiger partial charge in [0.1, 0.15) is 0 Å². The van der Waals surface area contributed by atoms with Gasteiger partial charge in [-0.25, -0.2) is 0 Å². The van der Waals surface area contributed by atoms with Gasteiger partial charge in [0.15, 0.2) is 0 Å². The van der Waals surface area contributed by atoms with Crippen LogP contribution in [0.4, 0.5) is 0 Å². The maximum Gasteiger partial charge on any atom is 0.0447 e. The average Bonchev–Trinajstić information content (AvgIpc) is 2.65. The third kappa shape index (κ3) is 2.20. The van der Waals surface area contributed by atoms with Crippen LogP contribution in [0.25, 0.3) is 0 Å². The number of pyridine rings is 1. The maximum atomic E-state index is 4.53. The molecule has 1 saturated heterocycles. The molecule has 0 amide bonds. The van der Waals surface area contributed by atoms with Crippen LogP contribution in [0.1, 0.15) is 36.9 Å². The molecule has 1 fully saturated rings. The van der Waals surface area contributed by atoms with Crippen molar-refractivity contribution >= 4 is 0 Å². The molecule has 1 aliphatic heterocycles. The summed E-state index contributed by atoms with van der Waals surface area (Å²) in [5, 5.41) is 0. The Labute approximate surface area is 92.3 Å². The minimum absolute atomic E-state index is 0.554. The van der Waals surface area contributed by atoms with Crippen LogP contribution in [0.15, 0.2) is 18.3 Å². The molecule has 2 atom stereocenters. The molecule has 0 N–H and O–H groups in total. The van der Waals surface area contributed by atoms with E-state index in [2.05, 4.69) is 42.9 Å². The molecule has 1 aromatic rings. The van der Waals surface area contributed by atoms with E-state index in [4.69, 9.17) is 0 Å². The van der Waals surface area contributed by atoms with E-state index in [1.807, 2.05) is 6.20 Å². The molecule has 1 unspecified atom stereocenters. The van der Waals surface area contributed by atoms with Gasteiger partial charge < -0.3 is 4.90 Å². The Bertz CT molecular complexity index is 318. The van der Waals surface area contributed by atoms with E-state index in [0.717, 1.165) is 0 Å². The molecule has 0 bridgehead atoms. The molecule has 0 aromatic carbocycles. The highest BCUT2D eigenvalue weighted by molar-refractivity contribution is 5.16. The van der Waals surface area contributed by atoms with Crippen molar-refractivity contribution in [2.24, 2.45) is 0 Å². The topological polar surface area (TPSA) is 16.1 Å². The fourth-order valence-corrected chi connectivity index (χ4v) is 2.51. The Morgan fingerprint density at radius 2 is 2.27 bits per heavy atom. The van der Waals surface area contributed by atoms with Crippen LogP contribution in [0.2, 0.25) is 0 Å². The van der Waals surface area contributed by atoms with Crippen molar-refractivity contribution in [2.45, 2.75) is 38.6 Å². The van der Waals surface area contributed by atoms with E-state index in [9.17, 15) is 0 Å². The van der Waals surface area contributed by atoms with Crippen LogP contribution in [-0.4, -0.2) is 29.5 Å². The second kappa shape index (κ2) is 4.31. The first-order chi connectivity index (χ1) is 7.18. The lowest BCUT2D eigenvalue weighted by atomic mass is 9.95. The zero-order valence-corrected chi connectivity index (χ0v) is 9.90. The lowest BCUT2D eigenvalue weighted by molar-refractivity contribution is 0.276. The molecule has 2 rings (SSSR count). The molecule has 1 aliphatic rings. The Balaban J connectivity index is 2.13. The first kappa shape index (κ1) is 10.6. The summed E-state index contributed by atoms with van der Waals surface area (Å²) >= 11 is 0. The van der Waals surface area contributed by atoms with Crippen LogP contribution >= 0.6 is 0 Å². The third-order valence-electron chi connectivity index (χ3n) is 3.55. The van der Waals surface area contributed by atoms with E-state index in [1.165, 1.54) is 30.6 Å². The second-order valence-electron chi connectivity index (χ2n) is 4.74. The lowest BCUT2D eigenvalue weighted by Gasteiger charge is -2.25. The highest BCUT2D eigenvalue weighted by atomic mass is 15.1. The fraction of sp³-hybridized carbons (Fsp3) is 0.615. The predicted molar refractivity (Wildman–Crippen MR) is 63.0 cm³/mol. The summed E-state index contributed by atoms with van der Waals surface area (Å²) in [5.74, 6) is 0.554. The average molecular weight is 204 g/mol. The van der Waals surface area contributed by atoms with Crippen molar-refractivity contribution in [2.75, 3.05) is 13.6 Å². The minimum atomic E-state index is 0.554. The van der Waals surface area contributed by atoms with Crippen LogP contribution < -0.4 is 0 Å². The van der Waals surface area contributed by atoms with Crippen molar-refractivity contribution < 1.29 is 0 Å². The quantitative estimate of drug-likeness (QED) is 0.736. The number of hydrogen-bond acceptors (Lipinski definition) is 2. The standard InChI is InChI=1S/C13H20N2/c1-10-6-7-12(14-9-10)11(2)13-5-4-8-15(13)3/h6-7,9,11,13H,4-5,8H2,1-3H3/t11?,13-/m0/s1. The van der Waals surface area contributed by atoms with Crippen LogP contribution in [0, 0.1) is 6.92 Å². The van der Waals surface area contributed by atoms with Crippen molar-refractivity contribution in [1.82, 2.24) is 9.88 Å². The van der Waals surface area contributed by atoms with Gasteiger partial charge in [0.05, 0.1) is 0 Å². The summed E-state index contributed by atoms with van der Waals surface area (Å²) in [6, 6.07) is 5.01. The molecule has 2 nitrogen and oxygen atoms in total. The smallest absolute Gasteiger partial charge is 0.0447 e. The van der Waals surface area contributed by atoms with Gasteiger partial charge in [-0.2, -0.15) is 0 Å². The van der Waals surface area contributed by atoms with E-state index in [0.29, 0.717) is 12.0 Å². The molecule has 0 spiro atoms. The number of aromatic nitrogens is 1. The molecule has 15 heavy (non-hydrogen) atoms. The van der Waals surface area contributed by atoms with Gasteiger partial charge in [-0.3, -0.25) is 4.98 Å². The van der Waals surface area contributed by atoms with Gasteiger partial charge >= 0.3 is 0 Å². The third-order valence-corrected chi connectivity index (χ3v) is 3.55. The Morgan fingerprint density at radius 1 is 1.47 bits per heavy atom. The minimum Gasteiger partial charge on any atom is -0.303 e. The Hall–Kier alpha value is -0.890. The number of rotatable bonds is 2. The molecule has 1 aromatic heterocycles. The van der Waals surface area contributed by atoms with Gasteiger partial charge in [0, 0.05) is 23.9 Å². The summed E-state index contributed by atoms with van der Waals surface area (Å²) in [5.41, 5.74) is 2.48. The summed E-state index contributed by atoms with van der Waals surface area (Å²) < 4.78 is 0. The highest BCUT2D eigenvalue weighted by Gasteiger charge is 2.27. The van der Waals surface area contributed by atoms with Crippen molar-refractivity contribution in [3.63, 3.8) is 0 Å². The number of nitrogens with zero attached hydrogens (tertiary/aromatic N) is 2. The number of hydrogen-bond donors (Lipinski definition) is 0. The van der Waals surface area contributed by atoms with Crippen LogP contribution in [-0.2, 0) is 0 Å². The first-order valence-corrected chi connectivity index (χ1v) is 5.81. The summed E-state index contributed by atoms with van der Waals surface area (Å²) in [7, 11) is 2.22. The monoisotopic (exact) mass is 204 g/mol. The van der Waals surface area contributed by atoms with Crippen molar-refractivity contribution in [3.8, 4) is 0 Å². The fourth-order valence-electron chi connectivity index (χ4n) is 2.51. The van der Waals surface area contributed by atoms with E-state index in [1.54, 1.807) is 0 Å². The van der Waals surface area contributed by atoms with E-state index < -0.39 is 0 Å². The second-order valence-corrected chi connectivity index (χ2v) is 4.74. The van der Waals surface area contributed by atoms with E-state index in [-0.39, 0.29) is 0 Å². The molecular weight excluding hydrogens is 184 g/mol. The predicted octanol–water partition coefficient (Wildman–Crippen LogP) is 2.59. The molecule has 0 radical (unpaired) electrons. The van der Waals surface area contributed by atoms with Gasteiger partial charge in [-0.1, -0.05) is 13.0 Å². The summed E-state index contributed by atoms with van der Waals surface area (Å²) in [6.07, 6.45) is 4.62. The summed E-state index contributed by atoms with van der Waals surface area (Å²) in [4.78, 5) is 7.00. The number of aryl methyl sites for hydroxylation is 1. The Morgan fingerprint density at radius 3 is 2.80 bits per heavy atom. The van der Waals surface area contributed by atoms with Gasteiger partial charge in [0.25, 0.3) is 0 Å². The van der Waals surface area contributed by atoms with Gasteiger partial charge in [0.2, 0.25) is 0 Å². The van der Waals surface area contributed by atoms with E-state index >= 15 is 0 Å². The van der Waals surface area contributed by atoms with Gasteiger partial charge in [-0.15, -0.1) is 0 Å². The number of likely N-dealkylation sites (tertiary alicyclic amines) is 1. The maximum absolute atomic E-state index is 4.53. The summed E-state index contributed by atoms with van der Waals surface area (Å²) in [6.45, 7) is 5.62. The molecule has 0 saturated carbocycles. The highest BCUT2D eigenvalue weighted by Crippen LogP contribution is 2.28. The lowest BCUT2D eigenvalue weighted by Crippen LogP contribution is -2.30. The normalized spacial score (nSPS) is 24.3. The van der Waals surface area contributed by atoms with Crippen LogP contribution in [0.3, 0.4) is 0 Å². The SMILES string of the molecule is Cc1ccc(C(C)[C@@H]2CCCN2C)nc1. The van der Waals surface area contributed by atoms with Crippen molar-refractivity contribution in [1.29, 1.82) is 0 Å².